The van der Waals surface area contributed by atoms with Crippen molar-refractivity contribution in [2.75, 3.05) is 0 Å². The van der Waals surface area contributed by atoms with Gasteiger partial charge in [-0.1, -0.05) is 30.0 Å². The minimum absolute atomic E-state index is 0.263. The molecule has 0 saturated heterocycles. The lowest BCUT2D eigenvalue weighted by molar-refractivity contribution is 0.627. The summed E-state index contributed by atoms with van der Waals surface area (Å²) in [6, 6.07) is 12.0. The Morgan fingerprint density at radius 2 is 2.08 bits per heavy atom. The van der Waals surface area contributed by atoms with Crippen LogP contribution in [-0.2, 0) is 5.75 Å². The predicted molar refractivity (Wildman–Crippen MR) is 92.9 cm³/mol. The first-order valence-electron chi connectivity index (χ1n) is 7.10. The fraction of sp³-hybridized carbons (Fsp3) is 0.0625. The van der Waals surface area contributed by atoms with Crippen molar-refractivity contribution in [3.8, 4) is 10.6 Å². The van der Waals surface area contributed by atoms with Gasteiger partial charge in [-0.15, -0.1) is 16.4 Å². The van der Waals surface area contributed by atoms with Gasteiger partial charge < -0.3 is 0 Å². The number of hydrogen-bond acceptors (Lipinski definition) is 5. The summed E-state index contributed by atoms with van der Waals surface area (Å²) in [6.07, 6.45) is 0. The van der Waals surface area contributed by atoms with E-state index in [2.05, 4.69) is 15.3 Å². The first-order valence-corrected chi connectivity index (χ1v) is 8.97. The minimum Gasteiger partial charge on any atom is -0.266 e. The average Bonchev–Trinajstić information content (AvgIpc) is 3.25. The van der Waals surface area contributed by atoms with Crippen LogP contribution in [0.5, 0.6) is 0 Å². The van der Waals surface area contributed by atoms with Gasteiger partial charge in [0.05, 0.1) is 4.88 Å². The summed E-state index contributed by atoms with van der Waals surface area (Å²) >= 11 is 2.99. The highest BCUT2D eigenvalue weighted by atomic mass is 32.2. The maximum absolute atomic E-state index is 13.0. The Morgan fingerprint density at radius 3 is 2.83 bits per heavy atom. The Bertz CT molecular complexity index is 1040. The number of aromatic amines is 1. The minimum atomic E-state index is -0.281. The van der Waals surface area contributed by atoms with Crippen molar-refractivity contribution >= 4 is 28.6 Å². The predicted octanol–water partition coefficient (Wildman–Crippen LogP) is 3.58. The number of rotatable bonds is 4. The van der Waals surface area contributed by atoms with Gasteiger partial charge in [0, 0.05) is 5.75 Å². The lowest BCUT2D eigenvalue weighted by Gasteiger charge is -2.03. The first kappa shape index (κ1) is 15.1. The average molecular weight is 358 g/mol. The van der Waals surface area contributed by atoms with Crippen LogP contribution >= 0.6 is 23.1 Å². The zero-order chi connectivity index (χ0) is 16.5. The van der Waals surface area contributed by atoms with Gasteiger partial charge in [-0.05, 0) is 35.2 Å². The van der Waals surface area contributed by atoms with Crippen molar-refractivity contribution in [3.05, 3.63) is 69.6 Å². The second-order valence-electron chi connectivity index (χ2n) is 5.05. The van der Waals surface area contributed by atoms with Crippen LogP contribution in [0.1, 0.15) is 5.56 Å². The third-order valence-corrected chi connectivity index (χ3v) is 5.32. The maximum Gasteiger partial charge on any atom is 0.290 e. The second-order valence-corrected chi connectivity index (χ2v) is 6.94. The van der Waals surface area contributed by atoms with Crippen LogP contribution in [-0.4, -0.2) is 19.8 Å². The molecule has 0 aliphatic carbocycles. The summed E-state index contributed by atoms with van der Waals surface area (Å²) in [5, 5.41) is 13.6. The van der Waals surface area contributed by atoms with E-state index in [9.17, 15) is 9.18 Å². The molecule has 5 nitrogen and oxygen atoms in total. The number of thioether (sulfide) groups is 1. The van der Waals surface area contributed by atoms with Gasteiger partial charge in [-0.3, -0.25) is 4.79 Å². The number of halogens is 1. The highest BCUT2D eigenvalue weighted by molar-refractivity contribution is 7.98. The van der Waals surface area contributed by atoms with E-state index in [4.69, 9.17) is 0 Å². The summed E-state index contributed by atoms with van der Waals surface area (Å²) < 4.78 is 14.5. The Kier molecular flexibility index (Phi) is 3.91. The van der Waals surface area contributed by atoms with Crippen molar-refractivity contribution in [1.29, 1.82) is 0 Å². The number of thiophene rings is 1. The van der Waals surface area contributed by atoms with Crippen molar-refractivity contribution in [1.82, 2.24) is 19.8 Å². The molecule has 0 spiro atoms. The summed E-state index contributed by atoms with van der Waals surface area (Å²) in [6.45, 7) is 0. The number of aromatic nitrogens is 4. The van der Waals surface area contributed by atoms with Crippen LogP contribution in [0, 0.1) is 5.82 Å². The fourth-order valence-corrected chi connectivity index (χ4v) is 3.80. The molecule has 0 aliphatic rings. The standard InChI is InChI=1S/C16H11FN4OS2/c17-11-5-3-10(4-6-11)9-24-16-19-18-15(22)13-8-12(20-21(13)16)14-2-1-7-23-14/h1-8H,9H2,(H,18,22). The number of benzene rings is 1. The van der Waals surface area contributed by atoms with E-state index >= 15 is 0 Å². The Labute approximate surface area is 144 Å². The Hall–Kier alpha value is -2.45. The van der Waals surface area contributed by atoms with Gasteiger partial charge >= 0.3 is 0 Å². The molecular formula is C16H11FN4OS2. The van der Waals surface area contributed by atoms with E-state index in [1.165, 1.54) is 23.9 Å². The van der Waals surface area contributed by atoms with E-state index in [0.29, 0.717) is 16.4 Å². The molecule has 0 saturated carbocycles. The molecule has 120 valence electrons. The summed E-state index contributed by atoms with van der Waals surface area (Å²) in [5.41, 5.74) is 1.88. The van der Waals surface area contributed by atoms with Crippen LogP contribution in [0.15, 0.2) is 57.8 Å². The SMILES string of the molecule is O=c1[nH]nc(SCc2ccc(F)cc2)n2nc(-c3cccs3)cc12. The Balaban J connectivity index is 1.69. The maximum atomic E-state index is 13.0. The van der Waals surface area contributed by atoms with E-state index < -0.39 is 0 Å². The fourth-order valence-electron chi connectivity index (χ4n) is 2.26. The molecule has 0 atom stereocenters. The highest BCUT2D eigenvalue weighted by Gasteiger charge is 2.13. The van der Waals surface area contributed by atoms with Crippen molar-refractivity contribution in [2.24, 2.45) is 0 Å². The van der Waals surface area contributed by atoms with E-state index in [0.717, 1.165) is 16.1 Å². The van der Waals surface area contributed by atoms with Gasteiger partial charge in [0.25, 0.3) is 5.56 Å². The van der Waals surface area contributed by atoms with Gasteiger partial charge in [0.1, 0.15) is 17.0 Å². The first-order chi connectivity index (χ1) is 11.7. The molecule has 0 amide bonds. The van der Waals surface area contributed by atoms with Crippen molar-refractivity contribution in [2.45, 2.75) is 10.9 Å². The molecule has 1 N–H and O–H groups in total. The van der Waals surface area contributed by atoms with Crippen molar-refractivity contribution < 1.29 is 4.39 Å². The molecular weight excluding hydrogens is 347 g/mol. The van der Waals surface area contributed by atoms with Crippen LogP contribution in [0.2, 0.25) is 0 Å². The molecule has 0 bridgehead atoms. The van der Waals surface area contributed by atoms with Gasteiger partial charge in [0.15, 0.2) is 0 Å². The normalized spacial score (nSPS) is 11.2. The molecule has 3 aromatic heterocycles. The third-order valence-electron chi connectivity index (χ3n) is 3.43. The molecule has 4 aromatic rings. The number of fused-ring (bicyclic) bond motifs is 1. The van der Waals surface area contributed by atoms with Crippen LogP contribution in [0.3, 0.4) is 0 Å². The van der Waals surface area contributed by atoms with E-state index in [-0.39, 0.29) is 11.4 Å². The van der Waals surface area contributed by atoms with Crippen LogP contribution in [0.25, 0.3) is 16.1 Å². The Morgan fingerprint density at radius 1 is 1.25 bits per heavy atom. The molecule has 24 heavy (non-hydrogen) atoms. The zero-order valence-electron chi connectivity index (χ0n) is 12.3. The van der Waals surface area contributed by atoms with E-state index in [1.54, 1.807) is 34.1 Å². The van der Waals surface area contributed by atoms with Crippen LogP contribution < -0.4 is 5.56 Å². The lowest BCUT2D eigenvalue weighted by Crippen LogP contribution is -2.13. The second kappa shape index (κ2) is 6.21. The highest BCUT2D eigenvalue weighted by Crippen LogP contribution is 2.26. The van der Waals surface area contributed by atoms with Gasteiger partial charge in [-0.25, -0.2) is 14.0 Å². The largest absolute Gasteiger partial charge is 0.290 e. The quantitative estimate of drug-likeness (QED) is 0.567. The number of H-pyrrole nitrogens is 1. The monoisotopic (exact) mass is 358 g/mol. The molecule has 0 radical (unpaired) electrons. The molecule has 1 aromatic carbocycles. The molecule has 4 rings (SSSR count). The van der Waals surface area contributed by atoms with Crippen molar-refractivity contribution in [3.63, 3.8) is 0 Å². The molecule has 0 unspecified atom stereocenters. The van der Waals surface area contributed by atoms with Crippen LogP contribution in [0.4, 0.5) is 4.39 Å². The molecule has 3 heterocycles. The number of hydrogen-bond donors (Lipinski definition) is 1. The molecule has 8 heteroatoms. The summed E-state index contributed by atoms with van der Waals surface area (Å²) in [4.78, 5) is 13.0. The molecule has 0 fully saturated rings. The third kappa shape index (κ3) is 2.85. The summed E-state index contributed by atoms with van der Waals surface area (Å²) in [7, 11) is 0. The smallest absolute Gasteiger partial charge is 0.266 e. The summed E-state index contributed by atoms with van der Waals surface area (Å²) in [5.74, 6) is 0.337. The number of nitrogens with zero attached hydrogens (tertiary/aromatic N) is 3. The van der Waals surface area contributed by atoms with E-state index in [1.807, 2.05) is 17.5 Å². The van der Waals surface area contributed by atoms with Gasteiger partial charge in [0.2, 0.25) is 5.16 Å². The van der Waals surface area contributed by atoms with Gasteiger partial charge in [-0.2, -0.15) is 5.10 Å². The lowest BCUT2D eigenvalue weighted by atomic mass is 10.2. The molecule has 0 aliphatic heterocycles. The topological polar surface area (TPSA) is 63.0 Å². The zero-order valence-corrected chi connectivity index (χ0v) is 13.9. The number of nitrogens with one attached hydrogen (secondary N) is 1.